The smallest absolute Gasteiger partial charge is 0.275 e. The van der Waals surface area contributed by atoms with Gasteiger partial charge >= 0.3 is 0 Å². The van der Waals surface area contributed by atoms with Crippen LogP contribution in [-0.4, -0.2) is 57.1 Å². The van der Waals surface area contributed by atoms with E-state index in [1.54, 1.807) is 11.3 Å². The fraction of sp³-hybridized carbons (Fsp3) is 0.588. The molecule has 1 N–H and O–H groups in total. The second kappa shape index (κ2) is 7.97. The van der Waals surface area contributed by atoms with Gasteiger partial charge in [-0.3, -0.25) is 14.8 Å². The van der Waals surface area contributed by atoms with Gasteiger partial charge in [0, 0.05) is 38.1 Å². The molecule has 136 valence electrons. The standard InChI is InChI=1S/C17H24BrN5OS/c1-4-13-19-12(10-25-13)9-22-5-7-23(8-6-22)17(24)16-14(18)15(11(2)3)20-21-16/h10-11H,4-9H2,1-3H3,(H,20,21). The van der Waals surface area contributed by atoms with Crippen LogP contribution in [0.5, 0.6) is 0 Å². The zero-order valence-electron chi connectivity index (χ0n) is 14.9. The predicted octanol–water partition coefficient (Wildman–Crippen LogP) is 3.27. The number of hydrogen-bond donors (Lipinski definition) is 1. The van der Waals surface area contributed by atoms with Gasteiger partial charge in [0.25, 0.3) is 5.91 Å². The number of carbonyl (C=O) groups excluding carboxylic acids is 1. The van der Waals surface area contributed by atoms with E-state index in [1.165, 1.54) is 5.01 Å². The average molecular weight is 426 g/mol. The SMILES string of the molecule is CCc1nc(CN2CCN(C(=O)c3n[nH]c(C(C)C)c3Br)CC2)cs1. The van der Waals surface area contributed by atoms with Crippen molar-refractivity contribution >= 4 is 33.2 Å². The molecule has 3 heterocycles. The number of carbonyl (C=O) groups is 1. The van der Waals surface area contributed by atoms with Gasteiger partial charge in [0.05, 0.1) is 20.9 Å². The summed E-state index contributed by atoms with van der Waals surface area (Å²) in [5, 5.41) is 10.5. The highest BCUT2D eigenvalue weighted by molar-refractivity contribution is 9.10. The van der Waals surface area contributed by atoms with Gasteiger partial charge < -0.3 is 4.90 Å². The number of thiazole rings is 1. The molecule has 1 amide bonds. The molecule has 1 aliphatic rings. The van der Waals surface area contributed by atoms with Crippen LogP contribution >= 0.6 is 27.3 Å². The lowest BCUT2D eigenvalue weighted by atomic mass is 10.1. The zero-order chi connectivity index (χ0) is 18.0. The third-order valence-corrected chi connectivity index (χ3v) is 6.30. The predicted molar refractivity (Wildman–Crippen MR) is 103 cm³/mol. The lowest BCUT2D eigenvalue weighted by Crippen LogP contribution is -2.48. The molecule has 0 spiro atoms. The van der Waals surface area contributed by atoms with E-state index >= 15 is 0 Å². The van der Waals surface area contributed by atoms with Crippen LogP contribution in [0.15, 0.2) is 9.85 Å². The fourth-order valence-corrected chi connectivity index (χ4v) is 4.48. The quantitative estimate of drug-likeness (QED) is 0.797. The Labute approximate surface area is 160 Å². The highest BCUT2D eigenvalue weighted by Crippen LogP contribution is 2.26. The van der Waals surface area contributed by atoms with E-state index in [4.69, 9.17) is 0 Å². The molecule has 6 nitrogen and oxygen atoms in total. The van der Waals surface area contributed by atoms with Crippen molar-refractivity contribution in [3.63, 3.8) is 0 Å². The third kappa shape index (κ3) is 4.12. The number of nitrogens with one attached hydrogen (secondary N) is 1. The number of aryl methyl sites for hydroxylation is 1. The number of H-pyrrole nitrogens is 1. The molecule has 2 aromatic heterocycles. The normalized spacial score (nSPS) is 16.0. The van der Waals surface area contributed by atoms with Crippen molar-refractivity contribution in [1.82, 2.24) is 25.0 Å². The molecule has 0 aromatic carbocycles. The summed E-state index contributed by atoms with van der Waals surface area (Å²) in [7, 11) is 0. The highest BCUT2D eigenvalue weighted by atomic mass is 79.9. The van der Waals surface area contributed by atoms with Gasteiger partial charge in [0.2, 0.25) is 0 Å². The number of amides is 1. The fourth-order valence-electron chi connectivity index (χ4n) is 2.94. The number of aromatic amines is 1. The first-order chi connectivity index (χ1) is 12.0. The van der Waals surface area contributed by atoms with E-state index in [1.807, 2.05) is 4.90 Å². The summed E-state index contributed by atoms with van der Waals surface area (Å²) in [4.78, 5) is 21.6. The van der Waals surface area contributed by atoms with Gasteiger partial charge in [-0.15, -0.1) is 11.3 Å². The molecular formula is C17H24BrN5OS. The topological polar surface area (TPSA) is 65.1 Å². The summed E-state index contributed by atoms with van der Waals surface area (Å²) in [5.74, 6) is 0.294. The summed E-state index contributed by atoms with van der Waals surface area (Å²) in [6, 6.07) is 0. The van der Waals surface area contributed by atoms with Crippen LogP contribution in [-0.2, 0) is 13.0 Å². The highest BCUT2D eigenvalue weighted by Gasteiger charge is 2.27. The van der Waals surface area contributed by atoms with Crippen molar-refractivity contribution in [3.8, 4) is 0 Å². The molecule has 2 aromatic rings. The number of aromatic nitrogens is 3. The summed E-state index contributed by atoms with van der Waals surface area (Å²) < 4.78 is 0.796. The van der Waals surface area contributed by atoms with E-state index in [0.29, 0.717) is 11.6 Å². The maximum absolute atomic E-state index is 12.7. The second-order valence-corrected chi connectivity index (χ2v) is 8.34. The molecule has 1 saturated heterocycles. The zero-order valence-corrected chi connectivity index (χ0v) is 17.3. The summed E-state index contributed by atoms with van der Waals surface area (Å²) in [6.07, 6.45) is 0.990. The van der Waals surface area contributed by atoms with Crippen LogP contribution in [0, 0.1) is 0 Å². The minimum Gasteiger partial charge on any atom is -0.335 e. The van der Waals surface area contributed by atoms with Crippen molar-refractivity contribution in [2.75, 3.05) is 26.2 Å². The van der Waals surface area contributed by atoms with Crippen LogP contribution in [0.1, 0.15) is 53.6 Å². The van der Waals surface area contributed by atoms with Crippen molar-refractivity contribution in [2.24, 2.45) is 0 Å². The maximum Gasteiger partial charge on any atom is 0.275 e. The minimum atomic E-state index is -0.00315. The Hall–Kier alpha value is -1.25. The minimum absolute atomic E-state index is 0.00315. The van der Waals surface area contributed by atoms with Gasteiger partial charge in [0.1, 0.15) is 0 Å². The summed E-state index contributed by atoms with van der Waals surface area (Å²) in [5.41, 5.74) is 2.60. The maximum atomic E-state index is 12.7. The lowest BCUT2D eigenvalue weighted by molar-refractivity contribution is 0.0620. The van der Waals surface area contributed by atoms with Crippen molar-refractivity contribution < 1.29 is 4.79 Å². The Morgan fingerprint density at radius 3 is 2.64 bits per heavy atom. The molecule has 25 heavy (non-hydrogen) atoms. The van der Waals surface area contributed by atoms with Gasteiger partial charge in [0.15, 0.2) is 5.69 Å². The first-order valence-corrected chi connectivity index (χ1v) is 10.4. The van der Waals surface area contributed by atoms with E-state index in [-0.39, 0.29) is 5.91 Å². The molecule has 8 heteroatoms. The van der Waals surface area contributed by atoms with Crippen molar-refractivity contribution in [1.29, 1.82) is 0 Å². The second-order valence-electron chi connectivity index (χ2n) is 6.61. The number of halogens is 1. The number of hydrogen-bond acceptors (Lipinski definition) is 5. The van der Waals surface area contributed by atoms with Crippen molar-refractivity contribution in [2.45, 2.75) is 39.7 Å². The van der Waals surface area contributed by atoms with Gasteiger partial charge in [-0.2, -0.15) is 5.10 Å². The average Bonchev–Trinajstić information content (AvgIpc) is 3.21. The van der Waals surface area contributed by atoms with Gasteiger partial charge in [-0.25, -0.2) is 4.98 Å². The van der Waals surface area contributed by atoms with Gasteiger partial charge in [-0.1, -0.05) is 20.8 Å². The van der Waals surface area contributed by atoms with Crippen LogP contribution in [0.3, 0.4) is 0 Å². The summed E-state index contributed by atoms with van der Waals surface area (Å²) >= 11 is 5.25. The number of rotatable bonds is 5. The van der Waals surface area contributed by atoms with Crippen LogP contribution in [0.25, 0.3) is 0 Å². The molecular weight excluding hydrogens is 402 g/mol. The Bertz CT molecular complexity index is 733. The molecule has 0 bridgehead atoms. The molecule has 0 saturated carbocycles. The van der Waals surface area contributed by atoms with Crippen LogP contribution < -0.4 is 0 Å². The Kier molecular flexibility index (Phi) is 5.91. The van der Waals surface area contributed by atoms with Crippen molar-refractivity contribution in [3.05, 3.63) is 31.9 Å². The first kappa shape index (κ1) is 18.5. The molecule has 0 aliphatic carbocycles. The Morgan fingerprint density at radius 2 is 2.08 bits per heavy atom. The molecule has 1 fully saturated rings. The first-order valence-electron chi connectivity index (χ1n) is 8.68. The third-order valence-electron chi connectivity index (χ3n) is 4.46. The molecule has 1 aliphatic heterocycles. The number of nitrogens with zero attached hydrogens (tertiary/aromatic N) is 4. The van der Waals surface area contributed by atoms with E-state index in [0.717, 1.165) is 55.0 Å². The Morgan fingerprint density at radius 1 is 1.36 bits per heavy atom. The van der Waals surface area contributed by atoms with Gasteiger partial charge in [-0.05, 0) is 28.3 Å². The van der Waals surface area contributed by atoms with Crippen LogP contribution in [0.2, 0.25) is 0 Å². The van der Waals surface area contributed by atoms with E-state index < -0.39 is 0 Å². The van der Waals surface area contributed by atoms with E-state index in [2.05, 4.69) is 62.2 Å². The Balaban J connectivity index is 1.57. The van der Waals surface area contributed by atoms with Crippen LogP contribution in [0.4, 0.5) is 0 Å². The van der Waals surface area contributed by atoms with E-state index in [9.17, 15) is 4.79 Å². The molecule has 0 atom stereocenters. The molecule has 0 radical (unpaired) electrons. The molecule has 3 rings (SSSR count). The number of piperazine rings is 1. The monoisotopic (exact) mass is 425 g/mol. The molecule has 0 unspecified atom stereocenters. The summed E-state index contributed by atoms with van der Waals surface area (Å²) in [6.45, 7) is 10.3. The lowest BCUT2D eigenvalue weighted by Gasteiger charge is -2.34. The largest absolute Gasteiger partial charge is 0.335 e.